The Hall–Kier alpha value is -3.42. The molecule has 0 heterocycles. The number of hydrogen-bond acceptors (Lipinski definition) is 4. The van der Waals surface area contributed by atoms with Crippen LogP contribution in [0.5, 0.6) is 0 Å². The van der Waals surface area contributed by atoms with E-state index >= 15 is 0 Å². The van der Waals surface area contributed by atoms with Crippen LogP contribution in [0.25, 0.3) is 0 Å². The Kier molecular flexibility index (Phi) is 9.29. The highest BCUT2D eigenvalue weighted by Gasteiger charge is 2.33. The van der Waals surface area contributed by atoms with Crippen molar-refractivity contribution in [2.45, 2.75) is 51.7 Å². The lowest BCUT2D eigenvalue weighted by atomic mass is 9.99. The molecule has 0 saturated carbocycles. The number of hydrogen-bond donors (Lipinski definition) is 1. The molecule has 0 unspecified atom stereocenters. The van der Waals surface area contributed by atoms with Gasteiger partial charge in [-0.1, -0.05) is 77.8 Å². The molecule has 0 aromatic heterocycles. The first-order valence-electron chi connectivity index (χ1n) is 11.8. The molecular weight excluding hydrogens is 513 g/mol. The third kappa shape index (κ3) is 8.03. The maximum Gasteiger partial charge on any atom is 0.273 e. The summed E-state index contributed by atoms with van der Waals surface area (Å²) in [6.07, 6.45) is -0.00691. The second-order valence-electron chi connectivity index (χ2n) is 9.76. The van der Waals surface area contributed by atoms with Crippen molar-refractivity contribution in [3.05, 3.63) is 110 Å². The molecule has 0 radical (unpaired) electrons. The van der Waals surface area contributed by atoms with E-state index in [2.05, 4.69) is 5.32 Å². The lowest BCUT2D eigenvalue weighted by Crippen LogP contribution is -2.54. The molecule has 1 atom stereocenters. The Morgan fingerprint density at radius 1 is 0.973 bits per heavy atom. The summed E-state index contributed by atoms with van der Waals surface area (Å²) < 4.78 is 0. The summed E-state index contributed by atoms with van der Waals surface area (Å²) in [5.74, 6) is -0.775. The number of benzene rings is 3. The van der Waals surface area contributed by atoms with Crippen LogP contribution < -0.4 is 5.32 Å². The SMILES string of the molecule is CC(C)(C)NC(=O)[C@H](Cc1ccccc1)N(Cc1ccc(Cl)cc1Cl)C(=O)Cc1ccccc1[N+](=O)[O-]. The molecule has 0 bridgehead atoms. The van der Waals surface area contributed by atoms with E-state index in [1.807, 2.05) is 51.1 Å². The number of halogens is 2. The average molecular weight is 542 g/mol. The summed E-state index contributed by atoms with van der Waals surface area (Å²) in [5.41, 5.74) is 1.03. The van der Waals surface area contributed by atoms with Gasteiger partial charge >= 0.3 is 0 Å². The summed E-state index contributed by atoms with van der Waals surface area (Å²) >= 11 is 12.5. The van der Waals surface area contributed by atoms with Crippen molar-refractivity contribution in [2.75, 3.05) is 0 Å². The molecule has 1 N–H and O–H groups in total. The molecule has 0 aliphatic rings. The lowest BCUT2D eigenvalue weighted by Gasteiger charge is -2.34. The average Bonchev–Trinajstić information content (AvgIpc) is 2.82. The van der Waals surface area contributed by atoms with Crippen LogP contribution in [0.4, 0.5) is 5.69 Å². The van der Waals surface area contributed by atoms with Crippen LogP contribution in [0, 0.1) is 10.1 Å². The van der Waals surface area contributed by atoms with Crippen LogP contribution in [-0.2, 0) is 29.0 Å². The van der Waals surface area contributed by atoms with Gasteiger partial charge in [-0.05, 0) is 44.0 Å². The molecule has 0 spiro atoms. The zero-order valence-corrected chi connectivity index (χ0v) is 22.4. The highest BCUT2D eigenvalue weighted by molar-refractivity contribution is 6.35. The van der Waals surface area contributed by atoms with Gasteiger partial charge in [0.1, 0.15) is 6.04 Å². The van der Waals surface area contributed by atoms with E-state index in [4.69, 9.17) is 23.2 Å². The molecule has 3 aromatic rings. The van der Waals surface area contributed by atoms with Gasteiger partial charge in [-0.15, -0.1) is 0 Å². The molecule has 7 nitrogen and oxygen atoms in total. The Balaban J connectivity index is 2.06. The largest absolute Gasteiger partial charge is 0.350 e. The molecule has 0 aliphatic heterocycles. The normalized spacial score (nSPS) is 12.0. The van der Waals surface area contributed by atoms with Gasteiger partial charge in [0.2, 0.25) is 11.8 Å². The second-order valence-corrected chi connectivity index (χ2v) is 10.6. The van der Waals surface area contributed by atoms with Crippen LogP contribution in [0.15, 0.2) is 72.8 Å². The quantitative estimate of drug-likeness (QED) is 0.265. The van der Waals surface area contributed by atoms with Crippen molar-refractivity contribution >= 4 is 40.7 Å². The van der Waals surface area contributed by atoms with E-state index < -0.39 is 22.4 Å². The zero-order valence-electron chi connectivity index (χ0n) is 20.9. The van der Waals surface area contributed by atoms with Gasteiger partial charge in [0.05, 0.1) is 11.3 Å². The minimum absolute atomic E-state index is 0.0184. The van der Waals surface area contributed by atoms with Crippen LogP contribution in [0.1, 0.15) is 37.5 Å². The van der Waals surface area contributed by atoms with Crippen molar-refractivity contribution in [3.63, 3.8) is 0 Å². The van der Waals surface area contributed by atoms with E-state index in [-0.39, 0.29) is 36.5 Å². The van der Waals surface area contributed by atoms with Crippen molar-refractivity contribution in [2.24, 2.45) is 0 Å². The highest BCUT2D eigenvalue weighted by atomic mass is 35.5. The number of nitro groups is 1. The fraction of sp³-hybridized carbons (Fsp3) is 0.286. The number of amides is 2. The predicted octanol–water partition coefficient (Wildman–Crippen LogP) is 6.00. The third-order valence-electron chi connectivity index (χ3n) is 5.66. The molecule has 9 heteroatoms. The Morgan fingerprint density at radius 2 is 1.62 bits per heavy atom. The second kappa shape index (κ2) is 12.2. The molecule has 0 saturated heterocycles. The summed E-state index contributed by atoms with van der Waals surface area (Å²) in [7, 11) is 0. The first-order chi connectivity index (χ1) is 17.4. The van der Waals surface area contributed by atoms with Crippen LogP contribution in [-0.4, -0.2) is 33.2 Å². The van der Waals surface area contributed by atoms with Crippen molar-refractivity contribution in [1.82, 2.24) is 10.2 Å². The number of nitrogens with zero attached hydrogens (tertiary/aromatic N) is 2. The van der Waals surface area contributed by atoms with Crippen molar-refractivity contribution in [3.8, 4) is 0 Å². The molecule has 3 rings (SSSR count). The predicted molar refractivity (Wildman–Crippen MR) is 146 cm³/mol. The van der Waals surface area contributed by atoms with Crippen LogP contribution >= 0.6 is 23.2 Å². The van der Waals surface area contributed by atoms with E-state index in [1.54, 1.807) is 36.4 Å². The molecule has 194 valence electrons. The summed E-state index contributed by atoms with van der Waals surface area (Å²) in [6, 6.07) is 19.5. The van der Waals surface area contributed by atoms with Gasteiger partial charge in [0.15, 0.2) is 0 Å². The standard InChI is InChI=1S/C28H29Cl2N3O4/c1-28(2,3)31-27(35)25(15-19-9-5-4-6-10-19)32(18-21-13-14-22(29)17-23(21)30)26(34)16-20-11-7-8-12-24(20)33(36)37/h4-14,17,25H,15-16,18H2,1-3H3,(H,31,35)/t25-/m0/s1. The lowest BCUT2D eigenvalue weighted by molar-refractivity contribution is -0.385. The minimum Gasteiger partial charge on any atom is -0.350 e. The Bertz CT molecular complexity index is 1280. The Morgan fingerprint density at radius 3 is 2.24 bits per heavy atom. The van der Waals surface area contributed by atoms with Crippen LogP contribution in [0.2, 0.25) is 10.0 Å². The number of rotatable bonds is 9. The smallest absolute Gasteiger partial charge is 0.273 e. The van der Waals surface area contributed by atoms with Crippen molar-refractivity contribution < 1.29 is 14.5 Å². The van der Waals surface area contributed by atoms with E-state index in [9.17, 15) is 19.7 Å². The number of carbonyl (C=O) groups is 2. The topological polar surface area (TPSA) is 92.6 Å². The number of nitro benzene ring substituents is 1. The molecule has 2 amide bonds. The van der Waals surface area contributed by atoms with Gasteiger partial charge in [-0.3, -0.25) is 19.7 Å². The van der Waals surface area contributed by atoms with E-state index in [0.29, 0.717) is 15.6 Å². The molecular formula is C28H29Cl2N3O4. The van der Waals surface area contributed by atoms with Gasteiger partial charge in [0.25, 0.3) is 5.69 Å². The van der Waals surface area contributed by atoms with Gasteiger partial charge in [-0.25, -0.2) is 0 Å². The molecule has 37 heavy (non-hydrogen) atoms. The maximum absolute atomic E-state index is 13.8. The fourth-order valence-corrected chi connectivity index (χ4v) is 4.41. The monoisotopic (exact) mass is 541 g/mol. The molecule has 3 aromatic carbocycles. The van der Waals surface area contributed by atoms with Gasteiger partial charge in [0, 0.05) is 40.2 Å². The number of nitrogens with one attached hydrogen (secondary N) is 1. The first kappa shape index (κ1) is 28.2. The third-order valence-corrected chi connectivity index (χ3v) is 6.24. The molecule has 0 aliphatic carbocycles. The van der Waals surface area contributed by atoms with E-state index in [0.717, 1.165) is 5.56 Å². The highest BCUT2D eigenvalue weighted by Crippen LogP contribution is 2.26. The fourth-order valence-electron chi connectivity index (χ4n) is 3.94. The number of carbonyl (C=O) groups excluding carboxylic acids is 2. The van der Waals surface area contributed by atoms with Gasteiger partial charge in [-0.2, -0.15) is 0 Å². The first-order valence-corrected chi connectivity index (χ1v) is 12.5. The maximum atomic E-state index is 13.8. The minimum atomic E-state index is -0.899. The summed E-state index contributed by atoms with van der Waals surface area (Å²) in [5, 5.41) is 15.3. The summed E-state index contributed by atoms with van der Waals surface area (Å²) in [6.45, 7) is 5.60. The molecule has 0 fully saturated rings. The zero-order chi connectivity index (χ0) is 27.2. The van der Waals surface area contributed by atoms with Gasteiger partial charge < -0.3 is 10.2 Å². The van der Waals surface area contributed by atoms with E-state index in [1.165, 1.54) is 11.0 Å². The van der Waals surface area contributed by atoms with Crippen molar-refractivity contribution in [1.29, 1.82) is 0 Å². The Labute approximate surface area is 226 Å². The summed E-state index contributed by atoms with van der Waals surface area (Å²) in [4.78, 5) is 39.9. The number of para-hydroxylation sites is 1. The van der Waals surface area contributed by atoms with Crippen LogP contribution in [0.3, 0.4) is 0 Å².